The lowest BCUT2D eigenvalue weighted by atomic mass is 9.97. The van der Waals surface area contributed by atoms with Crippen molar-refractivity contribution in [2.45, 2.75) is 27.7 Å². The van der Waals surface area contributed by atoms with Crippen molar-refractivity contribution in [3.05, 3.63) is 12.2 Å². The number of carbonyl (C=O) groups is 2. The van der Waals surface area contributed by atoms with E-state index in [0.717, 1.165) is 0 Å². The van der Waals surface area contributed by atoms with Gasteiger partial charge >= 0.3 is 11.9 Å². The van der Waals surface area contributed by atoms with Crippen molar-refractivity contribution in [1.82, 2.24) is 0 Å². The van der Waals surface area contributed by atoms with Crippen LogP contribution < -0.4 is 0 Å². The molecular weight excluding hydrogens is 156 g/mol. The highest BCUT2D eigenvalue weighted by atomic mass is 16.6. The molecule has 0 aromatic rings. The summed E-state index contributed by atoms with van der Waals surface area (Å²) < 4.78 is 4.49. The zero-order valence-corrected chi connectivity index (χ0v) is 7.88. The van der Waals surface area contributed by atoms with Gasteiger partial charge in [0.05, 0.1) is 5.41 Å². The van der Waals surface area contributed by atoms with Crippen LogP contribution in [0.25, 0.3) is 0 Å². The molecule has 3 nitrogen and oxygen atoms in total. The molecule has 0 aliphatic rings. The summed E-state index contributed by atoms with van der Waals surface area (Å²) in [5.74, 6) is -1.12. The Morgan fingerprint density at radius 2 is 1.75 bits per heavy atom. The molecule has 0 bridgehead atoms. The molecule has 0 amide bonds. The Morgan fingerprint density at radius 1 is 1.25 bits per heavy atom. The van der Waals surface area contributed by atoms with Crippen LogP contribution in [0.5, 0.6) is 0 Å². The molecular formula is C9H14O3. The smallest absolute Gasteiger partial charge is 0.338 e. The fraction of sp³-hybridized carbons (Fsp3) is 0.556. The normalized spacial score (nSPS) is 11.7. The predicted molar refractivity (Wildman–Crippen MR) is 45.4 cm³/mol. The first-order valence-electron chi connectivity index (χ1n) is 3.77. The van der Waals surface area contributed by atoms with Crippen LogP contribution >= 0.6 is 0 Å². The van der Waals surface area contributed by atoms with Crippen molar-refractivity contribution in [2.75, 3.05) is 0 Å². The van der Waals surface area contributed by atoms with Gasteiger partial charge in [-0.15, -0.1) is 0 Å². The number of rotatable bonds is 1. The monoisotopic (exact) mass is 170 g/mol. The summed E-state index contributed by atoms with van der Waals surface area (Å²) in [4.78, 5) is 21.8. The molecule has 0 rings (SSSR count). The highest BCUT2D eigenvalue weighted by molar-refractivity contribution is 5.93. The van der Waals surface area contributed by atoms with E-state index in [0.29, 0.717) is 0 Å². The van der Waals surface area contributed by atoms with Gasteiger partial charge in [0.15, 0.2) is 0 Å². The van der Waals surface area contributed by atoms with Crippen LogP contribution in [0.1, 0.15) is 27.7 Å². The molecule has 68 valence electrons. The van der Waals surface area contributed by atoms with E-state index in [2.05, 4.69) is 4.74 Å². The Balaban J connectivity index is 4.11. The maximum Gasteiger partial charge on any atom is 0.338 e. The van der Waals surface area contributed by atoms with Crippen molar-refractivity contribution in [2.24, 2.45) is 5.41 Å². The van der Waals surface area contributed by atoms with Gasteiger partial charge < -0.3 is 4.74 Å². The second-order valence-corrected chi connectivity index (χ2v) is 3.46. The number of carbonyl (C=O) groups excluding carboxylic acids is 2. The van der Waals surface area contributed by atoms with Crippen LogP contribution in [-0.4, -0.2) is 11.9 Å². The Kier molecular flexibility index (Phi) is 3.67. The molecule has 0 radical (unpaired) electrons. The highest BCUT2D eigenvalue weighted by Gasteiger charge is 2.24. The molecule has 0 aromatic heterocycles. The fourth-order valence-corrected chi connectivity index (χ4v) is 0.415. The molecule has 3 heteroatoms. The number of hydrogen-bond donors (Lipinski definition) is 0. The Labute approximate surface area is 72.4 Å². The highest BCUT2D eigenvalue weighted by Crippen LogP contribution is 2.14. The average Bonchev–Trinajstić information content (AvgIpc) is 1.85. The van der Waals surface area contributed by atoms with Crippen LogP contribution in [0.15, 0.2) is 12.2 Å². The van der Waals surface area contributed by atoms with Crippen LogP contribution in [0.3, 0.4) is 0 Å². The van der Waals surface area contributed by atoms with Gasteiger partial charge in [-0.05, 0) is 27.7 Å². The van der Waals surface area contributed by atoms with E-state index >= 15 is 0 Å². The maximum absolute atomic E-state index is 11.1. The molecule has 0 N–H and O–H groups in total. The molecule has 0 spiro atoms. The third kappa shape index (κ3) is 3.91. The minimum Gasteiger partial charge on any atom is -0.389 e. The van der Waals surface area contributed by atoms with E-state index in [1.165, 1.54) is 12.2 Å². The van der Waals surface area contributed by atoms with E-state index in [9.17, 15) is 9.59 Å². The molecule has 0 aromatic carbocycles. The second kappa shape index (κ2) is 4.04. The van der Waals surface area contributed by atoms with Crippen molar-refractivity contribution >= 4 is 11.9 Å². The van der Waals surface area contributed by atoms with Crippen LogP contribution in [0, 0.1) is 5.41 Å². The number of allylic oxidation sites excluding steroid dienone is 1. The molecule has 0 saturated heterocycles. The number of esters is 2. The van der Waals surface area contributed by atoms with Gasteiger partial charge in [0, 0.05) is 6.08 Å². The van der Waals surface area contributed by atoms with Crippen LogP contribution in [0.4, 0.5) is 0 Å². The summed E-state index contributed by atoms with van der Waals surface area (Å²) in [7, 11) is 0. The summed E-state index contributed by atoms with van der Waals surface area (Å²) in [6.45, 7) is 6.76. The van der Waals surface area contributed by atoms with Gasteiger partial charge in [0.2, 0.25) is 0 Å². The van der Waals surface area contributed by atoms with Gasteiger partial charge in [0.25, 0.3) is 0 Å². The Hall–Kier alpha value is -1.12. The van der Waals surface area contributed by atoms with Crippen molar-refractivity contribution in [1.29, 1.82) is 0 Å². The molecule has 0 atom stereocenters. The van der Waals surface area contributed by atoms with Crippen molar-refractivity contribution < 1.29 is 14.3 Å². The van der Waals surface area contributed by atoms with Gasteiger partial charge in [-0.1, -0.05) is 6.08 Å². The first-order chi connectivity index (χ1) is 5.38. The average molecular weight is 170 g/mol. The number of ether oxygens (including phenoxy) is 1. The first-order valence-corrected chi connectivity index (χ1v) is 3.77. The molecule has 12 heavy (non-hydrogen) atoms. The van der Waals surface area contributed by atoms with Crippen LogP contribution in [-0.2, 0) is 14.3 Å². The zero-order chi connectivity index (χ0) is 9.78. The van der Waals surface area contributed by atoms with Crippen molar-refractivity contribution in [3.63, 3.8) is 0 Å². The summed E-state index contributed by atoms with van der Waals surface area (Å²) in [5.41, 5.74) is -0.628. The molecule has 0 aliphatic heterocycles. The lowest BCUT2D eigenvalue weighted by Crippen LogP contribution is -2.25. The molecule has 0 heterocycles. The summed E-state index contributed by atoms with van der Waals surface area (Å²) in [6.07, 6.45) is 2.74. The zero-order valence-electron chi connectivity index (χ0n) is 7.88. The lowest BCUT2D eigenvalue weighted by Gasteiger charge is -2.14. The van der Waals surface area contributed by atoms with Crippen molar-refractivity contribution in [3.8, 4) is 0 Å². The fourth-order valence-electron chi connectivity index (χ4n) is 0.415. The van der Waals surface area contributed by atoms with E-state index < -0.39 is 17.4 Å². The Bertz CT molecular complexity index is 208. The molecule has 0 saturated carbocycles. The van der Waals surface area contributed by atoms with E-state index in [1.54, 1.807) is 27.7 Å². The van der Waals surface area contributed by atoms with Gasteiger partial charge in [0.1, 0.15) is 0 Å². The second-order valence-electron chi connectivity index (χ2n) is 3.46. The lowest BCUT2D eigenvalue weighted by molar-refractivity contribution is -0.162. The minimum atomic E-state index is -0.628. The van der Waals surface area contributed by atoms with E-state index in [1.807, 2.05) is 0 Å². The summed E-state index contributed by atoms with van der Waals surface area (Å²) >= 11 is 0. The van der Waals surface area contributed by atoms with Gasteiger partial charge in [-0.2, -0.15) is 0 Å². The Morgan fingerprint density at radius 3 is 2.08 bits per heavy atom. The maximum atomic E-state index is 11.1. The van der Waals surface area contributed by atoms with Crippen LogP contribution in [0.2, 0.25) is 0 Å². The molecule has 0 unspecified atom stereocenters. The summed E-state index contributed by atoms with van der Waals surface area (Å²) in [5, 5.41) is 0. The summed E-state index contributed by atoms with van der Waals surface area (Å²) in [6, 6.07) is 0. The first kappa shape index (κ1) is 10.9. The minimum absolute atomic E-state index is 0.509. The quantitative estimate of drug-likeness (QED) is 0.341. The predicted octanol–water partition coefficient (Wildman–Crippen LogP) is 1.68. The standard InChI is InChI=1S/C9H14O3/c1-5-6-7(10)12-8(11)9(2,3)4/h5-6H,1-4H3/b6-5+. The molecule has 0 fully saturated rings. The number of hydrogen-bond acceptors (Lipinski definition) is 3. The van der Waals surface area contributed by atoms with E-state index in [4.69, 9.17) is 0 Å². The van der Waals surface area contributed by atoms with Gasteiger partial charge in [-0.3, -0.25) is 4.79 Å². The third-order valence-corrected chi connectivity index (χ3v) is 1.11. The largest absolute Gasteiger partial charge is 0.389 e. The van der Waals surface area contributed by atoms with Gasteiger partial charge in [-0.25, -0.2) is 4.79 Å². The third-order valence-electron chi connectivity index (χ3n) is 1.11. The topological polar surface area (TPSA) is 43.4 Å². The van der Waals surface area contributed by atoms with E-state index in [-0.39, 0.29) is 0 Å². The molecule has 0 aliphatic carbocycles. The SMILES string of the molecule is C/C=C/C(=O)OC(=O)C(C)(C)C.